The van der Waals surface area contributed by atoms with Crippen LogP contribution in [0.3, 0.4) is 0 Å². The normalized spacial score (nSPS) is 12.3. The largest absolute Gasteiger partial charge is 0.490 e. The molecule has 0 bridgehead atoms. The predicted molar refractivity (Wildman–Crippen MR) is 94.1 cm³/mol. The molecule has 1 unspecified atom stereocenters. The van der Waals surface area contributed by atoms with E-state index in [9.17, 15) is 9.90 Å². The summed E-state index contributed by atoms with van der Waals surface area (Å²) >= 11 is 0. The maximum Gasteiger partial charge on any atom is 0.182 e. The van der Waals surface area contributed by atoms with E-state index < -0.39 is 0 Å². The summed E-state index contributed by atoms with van der Waals surface area (Å²) in [5.74, 6) is 0.324. The Morgan fingerprint density at radius 1 is 1.32 bits per heavy atom. The third-order valence-electron chi connectivity index (χ3n) is 4.18. The van der Waals surface area contributed by atoms with Crippen molar-refractivity contribution in [2.24, 2.45) is 0 Å². The Labute approximate surface area is 146 Å². The molecule has 3 aromatic heterocycles. The standard InChI is InChI=1S/C19H21N3O3/c1-3-25-17-5-4-10-22-18(13(2)21-19(17)22)16(24)11-15(12-23)14-6-8-20-9-7-14/h4-10,15,23H,3,11-12H2,1-2H3. The summed E-state index contributed by atoms with van der Waals surface area (Å²) in [6.45, 7) is 4.15. The van der Waals surface area contributed by atoms with E-state index in [1.165, 1.54) is 0 Å². The molecule has 130 valence electrons. The second kappa shape index (κ2) is 7.44. The molecule has 1 N–H and O–H groups in total. The van der Waals surface area contributed by atoms with Crippen LogP contribution >= 0.6 is 0 Å². The molecule has 3 rings (SSSR count). The number of ether oxygens (including phenoxy) is 1. The third kappa shape index (κ3) is 3.39. The molecule has 25 heavy (non-hydrogen) atoms. The van der Waals surface area contributed by atoms with Crippen LogP contribution in [-0.2, 0) is 0 Å². The first-order chi connectivity index (χ1) is 12.2. The number of hydrogen-bond acceptors (Lipinski definition) is 5. The van der Waals surface area contributed by atoms with E-state index in [0.29, 0.717) is 29.4 Å². The van der Waals surface area contributed by atoms with Gasteiger partial charge in [0.1, 0.15) is 5.69 Å². The highest BCUT2D eigenvalue weighted by Gasteiger charge is 2.22. The highest BCUT2D eigenvalue weighted by atomic mass is 16.5. The lowest BCUT2D eigenvalue weighted by Crippen LogP contribution is -2.13. The molecular formula is C19H21N3O3. The molecule has 0 aromatic carbocycles. The number of aromatic nitrogens is 3. The molecule has 6 heteroatoms. The first kappa shape index (κ1) is 17.1. The van der Waals surface area contributed by atoms with Crippen molar-refractivity contribution < 1.29 is 14.6 Å². The van der Waals surface area contributed by atoms with Crippen molar-refractivity contribution in [3.63, 3.8) is 0 Å². The van der Waals surface area contributed by atoms with Crippen LogP contribution in [0.5, 0.6) is 5.75 Å². The smallest absolute Gasteiger partial charge is 0.182 e. The first-order valence-electron chi connectivity index (χ1n) is 8.30. The molecule has 0 fully saturated rings. The van der Waals surface area contributed by atoms with E-state index in [2.05, 4.69) is 9.97 Å². The van der Waals surface area contributed by atoms with E-state index in [1.807, 2.05) is 44.3 Å². The molecule has 0 spiro atoms. The van der Waals surface area contributed by atoms with Gasteiger partial charge in [0.15, 0.2) is 17.2 Å². The Hall–Kier alpha value is -2.73. The monoisotopic (exact) mass is 339 g/mol. The number of nitrogens with zero attached hydrogens (tertiary/aromatic N) is 3. The number of aliphatic hydroxyl groups excluding tert-OH is 1. The molecule has 1 atom stereocenters. The Balaban J connectivity index is 1.94. The topological polar surface area (TPSA) is 76.7 Å². The van der Waals surface area contributed by atoms with Crippen LogP contribution in [-0.4, -0.2) is 38.5 Å². The number of hydrogen-bond donors (Lipinski definition) is 1. The Kier molecular flexibility index (Phi) is 5.09. The first-order valence-corrected chi connectivity index (χ1v) is 8.30. The molecule has 0 saturated heterocycles. The highest BCUT2D eigenvalue weighted by molar-refractivity contribution is 5.97. The van der Waals surface area contributed by atoms with Crippen molar-refractivity contribution in [3.05, 3.63) is 59.8 Å². The molecule has 6 nitrogen and oxygen atoms in total. The molecular weight excluding hydrogens is 318 g/mol. The van der Waals surface area contributed by atoms with Crippen LogP contribution in [0.4, 0.5) is 0 Å². The van der Waals surface area contributed by atoms with E-state index in [0.717, 1.165) is 5.56 Å². The Morgan fingerprint density at radius 3 is 2.76 bits per heavy atom. The lowest BCUT2D eigenvalue weighted by molar-refractivity contribution is 0.0953. The summed E-state index contributed by atoms with van der Waals surface area (Å²) < 4.78 is 7.36. The van der Waals surface area contributed by atoms with E-state index in [4.69, 9.17) is 4.74 Å². The summed E-state index contributed by atoms with van der Waals surface area (Å²) in [5, 5.41) is 9.71. The van der Waals surface area contributed by atoms with Gasteiger partial charge in [-0.25, -0.2) is 4.98 Å². The van der Waals surface area contributed by atoms with Gasteiger partial charge in [-0.2, -0.15) is 0 Å². The lowest BCUT2D eigenvalue weighted by Gasteiger charge is -2.14. The Morgan fingerprint density at radius 2 is 2.08 bits per heavy atom. The molecule has 3 heterocycles. The minimum absolute atomic E-state index is 0.0606. The van der Waals surface area contributed by atoms with Gasteiger partial charge in [0.2, 0.25) is 0 Å². The van der Waals surface area contributed by atoms with E-state index in [-0.39, 0.29) is 24.7 Å². The van der Waals surface area contributed by atoms with Crippen LogP contribution in [0.2, 0.25) is 0 Å². The molecule has 0 aliphatic heterocycles. The zero-order valence-electron chi connectivity index (χ0n) is 14.3. The number of aliphatic hydroxyl groups is 1. The van der Waals surface area contributed by atoms with Gasteiger partial charge in [-0.05, 0) is 43.7 Å². The maximum atomic E-state index is 12.9. The Bertz CT molecular complexity index is 874. The lowest BCUT2D eigenvalue weighted by atomic mass is 9.94. The van der Waals surface area contributed by atoms with Crippen molar-refractivity contribution in [1.29, 1.82) is 0 Å². The van der Waals surface area contributed by atoms with Crippen LogP contribution < -0.4 is 4.74 Å². The number of carbonyl (C=O) groups excluding carboxylic acids is 1. The van der Waals surface area contributed by atoms with Crippen LogP contribution in [0.1, 0.15) is 41.0 Å². The molecule has 0 aliphatic rings. The second-order valence-corrected chi connectivity index (χ2v) is 5.83. The van der Waals surface area contributed by atoms with Crippen molar-refractivity contribution in [3.8, 4) is 5.75 Å². The zero-order valence-corrected chi connectivity index (χ0v) is 14.3. The number of pyridine rings is 2. The number of fused-ring (bicyclic) bond motifs is 1. The van der Waals surface area contributed by atoms with E-state index >= 15 is 0 Å². The summed E-state index contributed by atoms with van der Waals surface area (Å²) in [6, 6.07) is 7.32. The number of imidazole rings is 1. The van der Waals surface area contributed by atoms with E-state index in [1.54, 1.807) is 16.8 Å². The number of ketones is 1. The number of aryl methyl sites for hydroxylation is 1. The van der Waals surface area contributed by atoms with Gasteiger partial charge in [-0.3, -0.25) is 14.2 Å². The fourth-order valence-corrected chi connectivity index (χ4v) is 3.00. The second-order valence-electron chi connectivity index (χ2n) is 5.83. The minimum atomic E-state index is -0.268. The van der Waals surface area contributed by atoms with Gasteiger partial charge in [0, 0.05) is 30.9 Å². The summed E-state index contributed by atoms with van der Waals surface area (Å²) in [5.41, 5.74) is 2.72. The molecule has 0 radical (unpaired) electrons. The van der Waals surface area contributed by atoms with Crippen molar-refractivity contribution in [2.45, 2.75) is 26.2 Å². The quantitative estimate of drug-likeness (QED) is 0.670. The predicted octanol–water partition coefficient (Wildman–Crippen LogP) is 2.79. The van der Waals surface area contributed by atoms with Gasteiger partial charge >= 0.3 is 0 Å². The van der Waals surface area contributed by atoms with Gasteiger partial charge in [0.25, 0.3) is 0 Å². The van der Waals surface area contributed by atoms with Crippen LogP contribution in [0.15, 0.2) is 42.9 Å². The van der Waals surface area contributed by atoms with Crippen LogP contribution in [0, 0.1) is 6.92 Å². The van der Waals surface area contributed by atoms with Crippen molar-refractivity contribution >= 4 is 11.4 Å². The maximum absolute atomic E-state index is 12.9. The van der Waals surface area contributed by atoms with Crippen LogP contribution in [0.25, 0.3) is 5.65 Å². The van der Waals surface area contributed by atoms with Crippen molar-refractivity contribution in [1.82, 2.24) is 14.4 Å². The van der Waals surface area contributed by atoms with Gasteiger partial charge in [-0.15, -0.1) is 0 Å². The van der Waals surface area contributed by atoms with Crippen molar-refractivity contribution in [2.75, 3.05) is 13.2 Å². The fraction of sp³-hybridized carbons (Fsp3) is 0.316. The molecule has 3 aromatic rings. The molecule has 0 aliphatic carbocycles. The van der Waals surface area contributed by atoms with Gasteiger partial charge < -0.3 is 9.84 Å². The molecule has 0 amide bonds. The average Bonchev–Trinajstić information content (AvgIpc) is 2.97. The average molecular weight is 339 g/mol. The summed E-state index contributed by atoms with van der Waals surface area (Å²) in [6.07, 6.45) is 5.34. The highest BCUT2D eigenvalue weighted by Crippen LogP contribution is 2.26. The zero-order chi connectivity index (χ0) is 17.8. The SMILES string of the molecule is CCOc1cccn2c(C(=O)CC(CO)c3ccncc3)c(C)nc12. The number of rotatable bonds is 7. The van der Waals surface area contributed by atoms with Gasteiger partial charge in [-0.1, -0.05) is 0 Å². The fourth-order valence-electron chi connectivity index (χ4n) is 3.00. The summed E-state index contributed by atoms with van der Waals surface area (Å²) in [4.78, 5) is 21.4. The molecule has 0 saturated carbocycles. The number of carbonyl (C=O) groups is 1. The minimum Gasteiger partial charge on any atom is -0.490 e. The summed E-state index contributed by atoms with van der Waals surface area (Å²) in [7, 11) is 0. The number of Topliss-reactive ketones (excluding diaryl/α,β-unsaturated/α-hetero) is 1. The third-order valence-corrected chi connectivity index (χ3v) is 4.18. The van der Waals surface area contributed by atoms with Gasteiger partial charge in [0.05, 0.1) is 18.9 Å².